The number of piperazine rings is 1. The summed E-state index contributed by atoms with van der Waals surface area (Å²) in [7, 11) is 0. The highest BCUT2D eigenvalue weighted by Gasteiger charge is 2.19. The Labute approximate surface area is 211 Å². The second-order valence-corrected chi connectivity index (χ2v) is 8.97. The Morgan fingerprint density at radius 1 is 0.972 bits per heavy atom. The fourth-order valence-corrected chi connectivity index (χ4v) is 4.59. The highest BCUT2D eigenvalue weighted by molar-refractivity contribution is 5.85. The molecule has 1 saturated heterocycles. The molecule has 3 aromatic heterocycles. The first-order valence-electron chi connectivity index (χ1n) is 12.3. The largest absolute Gasteiger partial charge is 0.383 e. The zero-order chi connectivity index (χ0) is 25.1. The highest BCUT2D eigenvalue weighted by atomic mass is 15.4. The number of nitrogen functional groups attached to an aromatic ring is 1. The van der Waals surface area contributed by atoms with Crippen LogP contribution in [0, 0.1) is 0 Å². The van der Waals surface area contributed by atoms with Gasteiger partial charge >= 0.3 is 0 Å². The number of hydrazine groups is 1. The molecule has 184 valence electrons. The number of hydrogen-bond acceptors (Lipinski definition) is 7. The maximum atomic E-state index is 6.28. The molecule has 1 aliphatic rings. The van der Waals surface area contributed by atoms with E-state index in [9.17, 15) is 0 Å². The first kappa shape index (κ1) is 23.9. The highest BCUT2D eigenvalue weighted by Crippen LogP contribution is 2.31. The van der Waals surface area contributed by atoms with Crippen LogP contribution >= 0.6 is 0 Å². The van der Waals surface area contributed by atoms with Gasteiger partial charge in [0.15, 0.2) is 11.5 Å². The van der Waals surface area contributed by atoms with Gasteiger partial charge in [0.25, 0.3) is 0 Å². The Bertz CT molecular complexity index is 1410. The number of aromatic nitrogens is 4. The van der Waals surface area contributed by atoms with Gasteiger partial charge in [-0.25, -0.2) is 20.0 Å². The van der Waals surface area contributed by atoms with E-state index in [0.717, 1.165) is 72.2 Å². The predicted octanol–water partition coefficient (Wildman–Crippen LogP) is 4.04. The van der Waals surface area contributed by atoms with Crippen molar-refractivity contribution < 1.29 is 0 Å². The van der Waals surface area contributed by atoms with Crippen molar-refractivity contribution in [2.75, 3.05) is 31.9 Å². The van der Waals surface area contributed by atoms with Gasteiger partial charge in [0.1, 0.15) is 11.3 Å². The summed E-state index contributed by atoms with van der Waals surface area (Å²) in [5.41, 5.74) is 12.8. The molecule has 8 nitrogen and oxygen atoms in total. The van der Waals surface area contributed by atoms with E-state index >= 15 is 0 Å². The molecule has 1 aromatic carbocycles. The zero-order valence-corrected chi connectivity index (χ0v) is 20.8. The second-order valence-electron chi connectivity index (χ2n) is 8.97. The molecular weight excluding hydrogens is 448 g/mol. The molecule has 0 radical (unpaired) electrons. The average molecular weight is 481 g/mol. The fourth-order valence-electron chi connectivity index (χ4n) is 4.59. The maximum absolute atomic E-state index is 6.28. The van der Waals surface area contributed by atoms with Gasteiger partial charge < -0.3 is 5.73 Å². The molecule has 0 amide bonds. The maximum Gasteiger partial charge on any atom is 0.165 e. The van der Waals surface area contributed by atoms with E-state index in [-0.39, 0.29) is 0 Å². The van der Waals surface area contributed by atoms with Crippen LogP contribution in [-0.2, 0) is 6.54 Å². The summed E-state index contributed by atoms with van der Waals surface area (Å²) < 4.78 is 2.08. The molecule has 0 bridgehead atoms. The van der Waals surface area contributed by atoms with E-state index in [0.29, 0.717) is 5.82 Å². The van der Waals surface area contributed by atoms with Gasteiger partial charge in [0, 0.05) is 44.6 Å². The second kappa shape index (κ2) is 10.4. The number of hydrogen-bond donors (Lipinski definition) is 2. The molecule has 1 aliphatic heterocycles. The van der Waals surface area contributed by atoms with Crippen LogP contribution in [0.2, 0.25) is 0 Å². The molecule has 8 heteroatoms. The first-order valence-corrected chi connectivity index (χ1v) is 12.3. The Morgan fingerprint density at radius 3 is 2.44 bits per heavy atom. The van der Waals surface area contributed by atoms with Crippen molar-refractivity contribution in [3.05, 3.63) is 84.2 Å². The molecular formula is C28H32N8. The molecule has 0 saturated carbocycles. The quantitative estimate of drug-likeness (QED) is 0.317. The van der Waals surface area contributed by atoms with Crippen LogP contribution in [0.25, 0.3) is 33.8 Å². The molecule has 4 N–H and O–H groups in total. The molecule has 0 atom stereocenters. The number of fused-ring (bicyclic) bond motifs is 1. The summed E-state index contributed by atoms with van der Waals surface area (Å²) in [6, 6.07) is 16.5. The number of nitrogens with zero attached hydrogens (tertiary/aromatic N) is 6. The van der Waals surface area contributed by atoms with E-state index in [1.807, 2.05) is 49.2 Å². The van der Waals surface area contributed by atoms with E-state index < -0.39 is 0 Å². The Kier molecular flexibility index (Phi) is 6.90. The number of imidazole rings is 1. The van der Waals surface area contributed by atoms with E-state index in [2.05, 4.69) is 50.9 Å². The summed E-state index contributed by atoms with van der Waals surface area (Å²) in [6.07, 6.45) is 7.84. The zero-order valence-electron chi connectivity index (χ0n) is 20.8. The molecule has 5 rings (SSSR count). The van der Waals surface area contributed by atoms with Gasteiger partial charge in [0.2, 0.25) is 0 Å². The van der Waals surface area contributed by atoms with Crippen molar-refractivity contribution in [3.63, 3.8) is 0 Å². The number of nitrogens with two attached hydrogens (primary N) is 2. The summed E-state index contributed by atoms with van der Waals surface area (Å²) in [6.45, 7) is 8.66. The molecule has 0 spiro atoms. The third kappa shape index (κ3) is 4.79. The lowest BCUT2D eigenvalue weighted by molar-refractivity contribution is 0.128. The molecule has 0 unspecified atom stereocenters. The number of anilines is 1. The monoisotopic (exact) mass is 480 g/mol. The van der Waals surface area contributed by atoms with Crippen molar-refractivity contribution in [1.29, 1.82) is 0 Å². The standard InChI is InChI=1S/C28H32N8/c1-3-6-21(4-2)24-12-13-25-28(32-24)36(27(33-25)23-7-5-14-31-26(23)29)22-10-8-20(9-11-22)19-34-15-17-35(30)18-16-34/h3-14H,15-19,30H2,1-2H3,(H2,29,31)/b6-3-,21-4+. The molecule has 4 heterocycles. The topological polar surface area (TPSA) is 102 Å². The van der Waals surface area contributed by atoms with Gasteiger partial charge in [-0.3, -0.25) is 15.3 Å². The lowest BCUT2D eigenvalue weighted by Crippen LogP contribution is -2.48. The average Bonchev–Trinajstić information content (AvgIpc) is 3.28. The van der Waals surface area contributed by atoms with Gasteiger partial charge in [-0.15, -0.1) is 0 Å². The van der Waals surface area contributed by atoms with Crippen LogP contribution < -0.4 is 11.6 Å². The van der Waals surface area contributed by atoms with E-state index in [1.165, 1.54) is 5.56 Å². The Balaban J connectivity index is 1.59. The van der Waals surface area contributed by atoms with Gasteiger partial charge in [-0.2, -0.15) is 0 Å². The van der Waals surface area contributed by atoms with Crippen LogP contribution in [-0.4, -0.2) is 55.6 Å². The molecule has 36 heavy (non-hydrogen) atoms. The van der Waals surface area contributed by atoms with Crippen LogP contribution in [0.15, 0.2) is 73.0 Å². The van der Waals surface area contributed by atoms with Gasteiger partial charge in [-0.05, 0) is 61.4 Å². The normalized spacial score (nSPS) is 15.8. The number of benzene rings is 1. The number of allylic oxidation sites excluding steroid dienone is 4. The van der Waals surface area contributed by atoms with Crippen molar-refractivity contribution in [3.8, 4) is 17.1 Å². The SMILES string of the molecule is C/C=C\C(=C/C)c1ccc2nc(-c3cccnc3N)n(-c3ccc(CN4CCN(N)CC4)cc3)c2n1. The van der Waals surface area contributed by atoms with Gasteiger partial charge in [0.05, 0.1) is 11.3 Å². The van der Waals surface area contributed by atoms with Crippen molar-refractivity contribution in [1.82, 2.24) is 29.4 Å². The van der Waals surface area contributed by atoms with Gasteiger partial charge in [-0.1, -0.05) is 30.4 Å². The molecule has 4 aromatic rings. The lowest BCUT2D eigenvalue weighted by atomic mass is 10.1. The number of pyridine rings is 2. The third-order valence-electron chi connectivity index (χ3n) is 6.54. The van der Waals surface area contributed by atoms with Crippen molar-refractivity contribution in [2.24, 2.45) is 5.84 Å². The van der Waals surface area contributed by atoms with Crippen LogP contribution in [0.5, 0.6) is 0 Å². The Hall–Kier alpha value is -3.85. The predicted molar refractivity (Wildman–Crippen MR) is 146 cm³/mol. The Morgan fingerprint density at radius 2 is 1.75 bits per heavy atom. The van der Waals surface area contributed by atoms with Crippen LogP contribution in [0.1, 0.15) is 25.1 Å². The minimum absolute atomic E-state index is 0.438. The van der Waals surface area contributed by atoms with Crippen LogP contribution in [0.3, 0.4) is 0 Å². The van der Waals surface area contributed by atoms with Crippen molar-refractivity contribution in [2.45, 2.75) is 20.4 Å². The van der Waals surface area contributed by atoms with Crippen molar-refractivity contribution >= 4 is 22.6 Å². The fraction of sp³-hybridized carbons (Fsp3) is 0.250. The van der Waals surface area contributed by atoms with E-state index in [4.69, 9.17) is 21.5 Å². The minimum atomic E-state index is 0.438. The minimum Gasteiger partial charge on any atom is -0.383 e. The summed E-state index contributed by atoms with van der Waals surface area (Å²) in [4.78, 5) is 16.7. The van der Waals surface area contributed by atoms with Crippen LogP contribution in [0.4, 0.5) is 5.82 Å². The lowest BCUT2D eigenvalue weighted by Gasteiger charge is -2.31. The molecule has 0 aliphatic carbocycles. The first-order chi connectivity index (χ1) is 17.6. The summed E-state index contributed by atoms with van der Waals surface area (Å²) >= 11 is 0. The number of rotatable bonds is 6. The third-order valence-corrected chi connectivity index (χ3v) is 6.54. The molecule has 1 fully saturated rings. The summed E-state index contributed by atoms with van der Waals surface area (Å²) in [5.74, 6) is 7.07. The van der Waals surface area contributed by atoms with E-state index in [1.54, 1.807) is 6.20 Å². The smallest absolute Gasteiger partial charge is 0.165 e. The summed E-state index contributed by atoms with van der Waals surface area (Å²) in [5, 5.41) is 1.88.